The maximum atomic E-state index is 12.0. The average molecular weight is 488 g/mol. The summed E-state index contributed by atoms with van der Waals surface area (Å²) < 4.78 is 0. The molecule has 0 radical (unpaired) electrons. The van der Waals surface area contributed by atoms with Crippen LogP contribution in [0.4, 0.5) is 11.4 Å². The second-order valence-corrected chi connectivity index (χ2v) is 7.82. The highest BCUT2D eigenvalue weighted by molar-refractivity contribution is 5.95. The third-order valence-electron chi connectivity index (χ3n) is 5.06. The maximum absolute atomic E-state index is 12.0. The minimum atomic E-state index is -1.30. The molecule has 0 unspecified atom stereocenters. The van der Waals surface area contributed by atoms with Crippen LogP contribution in [0.2, 0.25) is 0 Å². The molecule has 0 heterocycles. The van der Waals surface area contributed by atoms with Crippen molar-refractivity contribution in [2.45, 2.75) is 51.4 Å². The number of unbranched alkanes of at least 4 members (excludes halogenated alkanes) is 5. The van der Waals surface area contributed by atoms with E-state index in [0.29, 0.717) is 18.5 Å². The van der Waals surface area contributed by atoms with Gasteiger partial charge in [0.25, 0.3) is 0 Å². The molecule has 0 aromatic heterocycles. The molecular formula is C24H28N2O9. The zero-order valence-corrected chi connectivity index (χ0v) is 19.0. The number of carboxylic acid groups (broad SMARTS) is 2. The van der Waals surface area contributed by atoms with Crippen molar-refractivity contribution in [2.75, 3.05) is 10.8 Å². The highest BCUT2D eigenvalue weighted by Crippen LogP contribution is 2.22. The van der Waals surface area contributed by atoms with Gasteiger partial charge in [-0.15, -0.1) is 0 Å². The molecule has 0 bridgehead atoms. The number of hydrogen-bond acceptors (Lipinski definition) is 8. The third-order valence-corrected chi connectivity index (χ3v) is 5.06. The molecule has 11 heteroatoms. The summed E-state index contributed by atoms with van der Waals surface area (Å²) in [7, 11) is 0. The van der Waals surface area contributed by atoms with Crippen LogP contribution in [-0.4, -0.2) is 44.2 Å². The number of phenols is 2. The second kappa shape index (κ2) is 13.4. The Morgan fingerprint density at radius 2 is 1.17 bits per heavy atom. The van der Waals surface area contributed by atoms with Crippen LogP contribution in [0.3, 0.4) is 0 Å². The molecule has 11 nitrogen and oxygen atoms in total. The SMILES string of the molecule is O=C(CCCCCCCCC(=O)ONc1ccc(O)c(C(=O)O)c1)Nc1ccc(O)c(C(=O)O)c1. The Balaban J connectivity index is 1.54. The predicted molar refractivity (Wildman–Crippen MR) is 125 cm³/mol. The number of anilines is 2. The largest absolute Gasteiger partial charge is 0.507 e. The van der Waals surface area contributed by atoms with Crippen molar-refractivity contribution in [1.82, 2.24) is 0 Å². The molecule has 0 aliphatic rings. The van der Waals surface area contributed by atoms with Gasteiger partial charge < -0.3 is 30.6 Å². The normalized spacial score (nSPS) is 10.4. The van der Waals surface area contributed by atoms with E-state index < -0.39 is 17.9 Å². The zero-order valence-electron chi connectivity index (χ0n) is 19.0. The Morgan fingerprint density at radius 3 is 1.74 bits per heavy atom. The highest BCUT2D eigenvalue weighted by Gasteiger charge is 2.12. The van der Waals surface area contributed by atoms with Gasteiger partial charge in [0.1, 0.15) is 22.6 Å². The standard InChI is InChI=1S/C24H28N2O9/c27-19-11-9-15(13-17(19)23(31)32)25-21(29)7-5-3-1-2-4-6-8-22(30)35-26-16-10-12-20(28)18(14-16)24(33)34/h9-14,26-28H,1-8H2,(H,25,29)(H,31,32)(H,33,34). The average Bonchev–Trinajstić information content (AvgIpc) is 2.81. The smallest absolute Gasteiger partial charge is 0.339 e. The lowest BCUT2D eigenvalue weighted by atomic mass is 10.1. The van der Waals surface area contributed by atoms with E-state index >= 15 is 0 Å². The fourth-order valence-corrected chi connectivity index (χ4v) is 3.21. The van der Waals surface area contributed by atoms with Gasteiger partial charge in [-0.3, -0.25) is 4.79 Å². The second-order valence-electron chi connectivity index (χ2n) is 7.82. The van der Waals surface area contributed by atoms with E-state index in [-0.39, 0.29) is 47.1 Å². The molecule has 0 atom stereocenters. The van der Waals surface area contributed by atoms with Gasteiger partial charge in [-0.1, -0.05) is 25.7 Å². The molecule has 35 heavy (non-hydrogen) atoms. The quantitative estimate of drug-likeness (QED) is 0.128. The fraction of sp³-hybridized carbons (Fsp3) is 0.333. The van der Waals surface area contributed by atoms with Crippen LogP contribution >= 0.6 is 0 Å². The summed E-state index contributed by atoms with van der Waals surface area (Å²) >= 11 is 0. The van der Waals surface area contributed by atoms with Crippen LogP contribution in [0, 0.1) is 0 Å². The number of hydrogen-bond donors (Lipinski definition) is 6. The van der Waals surface area contributed by atoms with E-state index in [1.165, 1.54) is 30.3 Å². The topological polar surface area (TPSA) is 182 Å². The van der Waals surface area contributed by atoms with Crippen molar-refractivity contribution in [3.8, 4) is 11.5 Å². The van der Waals surface area contributed by atoms with E-state index in [2.05, 4.69) is 10.8 Å². The van der Waals surface area contributed by atoms with Crippen molar-refractivity contribution >= 4 is 35.2 Å². The van der Waals surface area contributed by atoms with Gasteiger partial charge in [0.2, 0.25) is 5.91 Å². The van der Waals surface area contributed by atoms with Gasteiger partial charge in [-0.2, -0.15) is 0 Å². The van der Waals surface area contributed by atoms with Crippen LogP contribution in [0.5, 0.6) is 11.5 Å². The predicted octanol–water partition coefficient (Wildman–Crippen LogP) is 4.12. The van der Waals surface area contributed by atoms with Crippen LogP contribution < -0.4 is 10.8 Å². The Morgan fingerprint density at radius 1 is 0.686 bits per heavy atom. The van der Waals surface area contributed by atoms with Gasteiger partial charge in [-0.25, -0.2) is 19.9 Å². The van der Waals surface area contributed by atoms with Crippen molar-refractivity contribution in [3.05, 3.63) is 47.5 Å². The lowest BCUT2D eigenvalue weighted by Gasteiger charge is -2.08. The lowest BCUT2D eigenvalue weighted by molar-refractivity contribution is -0.140. The summed E-state index contributed by atoms with van der Waals surface area (Å²) in [5, 5.41) is 39.5. The number of carbonyl (C=O) groups is 4. The number of carbonyl (C=O) groups excluding carboxylic acids is 2. The Labute approximate surface area is 201 Å². The van der Waals surface area contributed by atoms with E-state index in [4.69, 9.17) is 15.1 Å². The molecule has 0 spiro atoms. The third kappa shape index (κ3) is 9.24. The first kappa shape index (κ1) is 27.0. The van der Waals surface area contributed by atoms with E-state index in [9.17, 15) is 29.4 Å². The van der Waals surface area contributed by atoms with Crippen molar-refractivity contribution in [2.24, 2.45) is 0 Å². The summed E-state index contributed by atoms with van der Waals surface area (Å²) in [5.41, 5.74) is 2.31. The summed E-state index contributed by atoms with van der Waals surface area (Å²) in [6.07, 6.45) is 5.12. The molecule has 6 N–H and O–H groups in total. The summed E-state index contributed by atoms with van der Waals surface area (Å²) in [6, 6.07) is 7.57. The Kier molecular flexibility index (Phi) is 10.3. The van der Waals surface area contributed by atoms with E-state index in [1.54, 1.807) is 0 Å². The number of aromatic carboxylic acids is 2. The molecule has 0 aliphatic heterocycles. The zero-order chi connectivity index (χ0) is 25.8. The van der Waals surface area contributed by atoms with Crippen molar-refractivity contribution in [3.63, 3.8) is 0 Å². The summed E-state index contributed by atoms with van der Waals surface area (Å²) in [6.45, 7) is 0. The molecule has 2 aromatic carbocycles. The fourth-order valence-electron chi connectivity index (χ4n) is 3.21. The Bertz CT molecular complexity index is 1070. The Hall–Kier alpha value is -4.28. The summed E-state index contributed by atoms with van der Waals surface area (Å²) in [4.78, 5) is 50.7. The molecule has 2 rings (SSSR count). The molecular weight excluding hydrogens is 460 g/mol. The molecule has 1 amide bonds. The minimum absolute atomic E-state index is 0.185. The van der Waals surface area contributed by atoms with Gasteiger partial charge in [0.05, 0.1) is 5.69 Å². The summed E-state index contributed by atoms with van der Waals surface area (Å²) in [5.74, 6) is -4.08. The van der Waals surface area contributed by atoms with Crippen LogP contribution in [0.1, 0.15) is 72.1 Å². The number of nitrogens with one attached hydrogen (secondary N) is 2. The first-order valence-corrected chi connectivity index (χ1v) is 11.1. The lowest BCUT2D eigenvalue weighted by Crippen LogP contribution is -2.11. The van der Waals surface area contributed by atoms with E-state index in [0.717, 1.165) is 31.7 Å². The van der Waals surface area contributed by atoms with Crippen LogP contribution in [0.15, 0.2) is 36.4 Å². The first-order valence-electron chi connectivity index (χ1n) is 11.1. The number of carboxylic acids is 2. The molecule has 2 aromatic rings. The molecule has 188 valence electrons. The number of rotatable bonds is 14. The van der Waals surface area contributed by atoms with Crippen molar-refractivity contribution in [1.29, 1.82) is 0 Å². The monoisotopic (exact) mass is 488 g/mol. The number of aromatic hydroxyl groups is 2. The number of amides is 1. The van der Waals surface area contributed by atoms with Gasteiger partial charge >= 0.3 is 17.9 Å². The van der Waals surface area contributed by atoms with Gasteiger partial charge in [0.15, 0.2) is 0 Å². The first-order chi connectivity index (χ1) is 16.7. The van der Waals surface area contributed by atoms with Gasteiger partial charge in [-0.05, 0) is 49.2 Å². The van der Waals surface area contributed by atoms with Crippen LogP contribution in [-0.2, 0) is 14.4 Å². The minimum Gasteiger partial charge on any atom is -0.507 e. The maximum Gasteiger partial charge on any atom is 0.339 e. The van der Waals surface area contributed by atoms with E-state index in [1.807, 2.05) is 0 Å². The van der Waals surface area contributed by atoms with Crippen LogP contribution in [0.25, 0.3) is 0 Å². The molecule has 0 fully saturated rings. The molecule has 0 saturated heterocycles. The molecule has 0 saturated carbocycles. The van der Waals surface area contributed by atoms with Crippen molar-refractivity contribution < 1.29 is 44.4 Å². The van der Waals surface area contributed by atoms with Gasteiger partial charge in [0, 0.05) is 18.5 Å². The highest BCUT2D eigenvalue weighted by atomic mass is 16.7. The molecule has 0 aliphatic carbocycles. The number of benzene rings is 2.